The van der Waals surface area contributed by atoms with Crippen molar-refractivity contribution in [3.05, 3.63) is 17.0 Å². The van der Waals surface area contributed by atoms with Gasteiger partial charge < -0.3 is 10.2 Å². The van der Waals surface area contributed by atoms with E-state index in [1.807, 2.05) is 14.0 Å². The smallest absolute Gasteiger partial charge is 0.239 e. The third-order valence-corrected chi connectivity index (χ3v) is 2.72. The molecule has 1 rings (SSSR count). The molecule has 0 spiro atoms. The quantitative estimate of drug-likeness (QED) is 0.811. The lowest BCUT2D eigenvalue weighted by atomic mass is 10.2. The molecule has 1 amide bonds. The third kappa shape index (κ3) is 5.42. The molecule has 0 fully saturated rings. The first-order valence-electron chi connectivity index (χ1n) is 6.43. The maximum atomic E-state index is 11.7. The maximum absolute atomic E-state index is 11.7. The van der Waals surface area contributed by atoms with Crippen LogP contribution in [0.1, 0.15) is 26.6 Å². The van der Waals surface area contributed by atoms with E-state index in [4.69, 9.17) is 11.6 Å². The fourth-order valence-corrected chi connectivity index (χ4v) is 1.67. The van der Waals surface area contributed by atoms with E-state index in [2.05, 4.69) is 29.1 Å². The van der Waals surface area contributed by atoms with E-state index in [1.165, 1.54) is 0 Å². The zero-order valence-corrected chi connectivity index (χ0v) is 12.7. The molecule has 0 unspecified atom stereocenters. The number of aryl methyl sites for hydroxylation is 1. The number of carbonyl (C=O) groups excluding carboxylic acids is 1. The number of hydrogen-bond acceptors (Lipinski definition) is 4. The average Bonchev–Trinajstić information content (AvgIpc) is 2.35. The topological polar surface area (TPSA) is 58.1 Å². The van der Waals surface area contributed by atoms with Crippen LogP contribution in [0, 0.1) is 5.92 Å². The van der Waals surface area contributed by atoms with Gasteiger partial charge in [0.15, 0.2) is 0 Å². The van der Waals surface area contributed by atoms with Crippen LogP contribution in [0.25, 0.3) is 0 Å². The molecule has 0 atom stereocenters. The number of nitrogens with zero attached hydrogens (tertiary/aromatic N) is 3. The fraction of sp³-hybridized carbons (Fsp3) is 0.615. The van der Waals surface area contributed by atoms with Gasteiger partial charge in [0.25, 0.3) is 0 Å². The van der Waals surface area contributed by atoms with Crippen LogP contribution < -0.4 is 10.2 Å². The Kier molecular flexibility index (Phi) is 6.02. The number of halogens is 1. The van der Waals surface area contributed by atoms with E-state index in [0.717, 1.165) is 0 Å². The van der Waals surface area contributed by atoms with Gasteiger partial charge in [-0.1, -0.05) is 32.4 Å². The molecule has 6 heteroatoms. The Hall–Kier alpha value is -1.36. The second kappa shape index (κ2) is 7.28. The van der Waals surface area contributed by atoms with Crippen LogP contribution in [-0.4, -0.2) is 36.0 Å². The van der Waals surface area contributed by atoms with E-state index in [0.29, 0.717) is 35.7 Å². The van der Waals surface area contributed by atoms with Gasteiger partial charge in [-0.15, -0.1) is 0 Å². The van der Waals surface area contributed by atoms with Crippen molar-refractivity contribution in [2.45, 2.75) is 27.2 Å². The minimum atomic E-state index is -0.0241. The van der Waals surface area contributed by atoms with Crippen molar-refractivity contribution in [3.63, 3.8) is 0 Å². The normalized spacial score (nSPS) is 10.6. The first-order valence-corrected chi connectivity index (χ1v) is 6.81. The van der Waals surface area contributed by atoms with Gasteiger partial charge in [0.2, 0.25) is 5.91 Å². The lowest BCUT2D eigenvalue weighted by Gasteiger charge is -2.18. The molecule has 0 aliphatic rings. The van der Waals surface area contributed by atoms with Crippen LogP contribution in [0.15, 0.2) is 6.07 Å². The molecule has 0 saturated heterocycles. The summed E-state index contributed by atoms with van der Waals surface area (Å²) in [5, 5.41) is 3.27. The highest BCUT2D eigenvalue weighted by Gasteiger charge is 2.11. The minimum absolute atomic E-state index is 0.0241. The molecule has 1 heterocycles. The van der Waals surface area contributed by atoms with E-state index in [9.17, 15) is 4.79 Å². The Labute approximate surface area is 119 Å². The predicted octanol–water partition coefficient (Wildman–Crippen LogP) is 1.90. The SMILES string of the molecule is CCc1nc(Cl)cc(N(C)CC(=O)NCC(C)C)n1. The lowest BCUT2D eigenvalue weighted by Crippen LogP contribution is -2.37. The van der Waals surface area contributed by atoms with Crippen LogP contribution in [-0.2, 0) is 11.2 Å². The van der Waals surface area contributed by atoms with Crippen LogP contribution in [0.5, 0.6) is 0 Å². The Morgan fingerprint density at radius 2 is 2.16 bits per heavy atom. The van der Waals surface area contributed by atoms with E-state index in [1.54, 1.807) is 11.0 Å². The number of amides is 1. The summed E-state index contributed by atoms with van der Waals surface area (Å²) in [7, 11) is 1.81. The Bertz CT molecular complexity index is 437. The molecule has 19 heavy (non-hydrogen) atoms. The Morgan fingerprint density at radius 1 is 1.47 bits per heavy atom. The number of carbonyl (C=O) groups is 1. The Morgan fingerprint density at radius 3 is 2.74 bits per heavy atom. The number of nitrogens with one attached hydrogen (secondary N) is 1. The highest BCUT2D eigenvalue weighted by Crippen LogP contribution is 2.14. The monoisotopic (exact) mass is 284 g/mol. The number of likely N-dealkylation sites (N-methyl/N-ethyl adjacent to an activating group) is 1. The number of hydrogen-bond donors (Lipinski definition) is 1. The average molecular weight is 285 g/mol. The molecule has 0 saturated carbocycles. The van der Waals surface area contributed by atoms with Gasteiger partial charge in [0, 0.05) is 26.1 Å². The maximum Gasteiger partial charge on any atom is 0.239 e. The van der Waals surface area contributed by atoms with E-state index < -0.39 is 0 Å². The predicted molar refractivity (Wildman–Crippen MR) is 77.5 cm³/mol. The van der Waals surface area contributed by atoms with Gasteiger partial charge in [-0.3, -0.25) is 4.79 Å². The lowest BCUT2D eigenvalue weighted by molar-refractivity contribution is -0.119. The molecule has 0 aromatic carbocycles. The van der Waals surface area contributed by atoms with Crippen molar-refractivity contribution < 1.29 is 4.79 Å². The van der Waals surface area contributed by atoms with Gasteiger partial charge in [-0.2, -0.15) is 0 Å². The van der Waals surface area contributed by atoms with Gasteiger partial charge in [-0.05, 0) is 5.92 Å². The zero-order chi connectivity index (χ0) is 14.4. The van der Waals surface area contributed by atoms with Crippen molar-refractivity contribution in [2.24, 2.45) is 5.92 Å². The summed E-state index contributed by atoms with van der Waals surface area (Å²) < 4.78 is 0. The number of anilines is 1. The van der Waals surface area contributed by atoms with Crippen molar-refractivity contribution in [2.75, 3.05) is 25.0 Å². The molecule has 0 bridgehead atoms. The molecule has 5 nitrogen and oxygen atoms in total. The van der Waals surface area contributed by atoms with Gasteiger partial charge in [-0.25, -0.2) is 9.97 Å². The van der Waals surface area contributed by atoms with Crippen LogP contribution in [0.4, 0.5) is 5.82 Å². The number of aromatic nitrogens is 2. The standard InChI is InChI=1S/C13H21ClN4O/c1-5-11-16-10(14)6-12(17-11)18(4)8-13(19)15-7-9(2)3/h6,9H,5,7-8H2,1-4H3,(H,15,19). The molecule has 0 aliphatic heterocycles. The summed E-state index contributed by atoms with van der Waals surface area (Å²) in [4.78, 5) is 22.0. The second-order valence-corrected chi connectivity index (χ2v) is 5.26. The summed E-state index contributed by atoms with van der Waals surface area (Å²) >= 11 is 5.93. The minimum Gasteiger partial charge on any atom is -0.354 e. The highest BCUT2D eigenvalue weighted by atomic mass is 35.5. The molecule has 1 aromatic rings. The number of rotatable bonds is 6. The summed E-state index contributed by atoms with van der Waals surface area (Å²) in [6, 6.07) is 1.66. The zero-order valence-electron chi connectivity index (χ0n) is 11.9. The highest BCUT2D eigenvalue weighted by molar-refractivity contribution is 6.29. The summed E-state index contributed by atoms with van der Waals surface area (Å²) in [6.07, 6.45) is 0.709. The van der Waals surface area contributed by atoms with Gasteiger partial charge >= 0.3 is 0 Å². The van der Waals surface area contributed by atoms with Gasteiger partial charge in [0.1, 0.15) is 16.8 Å². The Balaban J connectivity index is 2.64. The fourth-order valence-electron chi connectivity index (χ4n) is 1.48. The first kappa shape index (κ1) is 15.7. The third-order valence-electron chi connectivity index (χ3n) is 2.52. The first-order chi connectivity index (χ1) is 8.92. The van der Waals surface area contributed by atoms with Crippen LogP contribution in [0.3, 0.4) is 0 Å². The van der Waals surface area contributed by atoms with Crippen LogP contribution >= 0.6 is 11.6 Å². The summed E-state index contributed by atoms with van der Waals surface area (Å²) in [5.74, 6) is 1.76. The second-order valence-electron chi connectivity index (χ2n) is 4.87. The van der Waals surface area contributed by atoms with Crippen molar-refractivity contribution >= 4 is 23.3 Å². The van der Waals surface area contributed by atoms with E-state index in [-0.39, 0.29) is 12.5 Å². The van der Waals surface area contributed by atoms with Gasteiger partial charge in [0.05, 0.1) is 6.54 Å². The molecule has 1 N–H and O–H groups in total. The molecule has 0 radical (unpaired) electrons. The largest absolute Gasteiger partial charge is 0.354 e. The molecule has 1 aromatic heterocycles. The summed E-state index contributed by atoms with van der Waals surface area (Å²) in [6.45, 7) is 7.01. The van der Waals surface area contributed by atoms with Crippen molar-refractivity contribution in [3.8, 4) is 0 Å². The molecule has 0 aliphatic carbocycles. The molecule has 106 valence electrons. The van der Waals surface area contributed by atoms with Crippen LogP contribution in [0.2, 0.25) is 5.15 Å². The molecular formula is C13H21ClN4O. The van der Waals surface area contributed by atoms with Crippen molar-refractivity contribution in [1.29, 1.82) is 0 Å². The molecular weight excluding hydrogens is 264 g/mol. The summed E-state index contributed by atoms with van der Waals surface area (Å²) in [5.41, 5.74) is 0. The van der Waals surface area contributed by atoms with Crippen molar-refractivity contribution in [1.82, 2.24) is 15.3 Å². The van der Waals surface area contributed by atoms with E-state index >= 15 is 0 Å².